The highest BCUT2D eigenvalue weighted by molar-refractivity contribution is 6.17. The molecule has 0 radical (unpaired) electrons. The molecule has 0 saturated heterocycles. The second kappa shape index (κ2) is 32.4. The van der Waals surface area contributed by atoms with E-state index in [1.54, 1.807) is 0 Å². The monoisotopic (exact) mass is 1020 g/mol. The van der Waals surface area contributed by atoms with Crippen LogP contribution in [-0.4, -0.2) is 18.3 Å². The zero-order valence-corrected chi connectivity index (χ0v) is 50.8. The molecule has 4 heterocycles. The van der Waals surface area contributed by atoms with Crippen LogP contribution < -0.4 is 0 Å². The third-order valence-electron chi connectivity index (χ3n) is 13.0. The number of hydrogen-bond donors (Lipinski definition) is 0. The average Bonchev–Trinajstić information content (AvgIpc) is 4.28. The maximum absolute atomic E-state index is 2.46. The average molecular weight is 1020 g/mol. The molecule has 76 heavy (non-hydrogen) atoms. The topological polar surface area (TPSA) is 19.7 Å². The second-order valence-corrected chi connectivity index (χ2v) is 15.9. The van der Waals surface area contributed by atoms with Crippen LogP contribution in [0.25, 0.3) is 109 Å². The minimum Gasteiger partial charge on any atom is -0.341 e. The molecular weight excluding hydrogens is 921 g/mol. The van der Waals surface area contributed by atoms with Crippen LogP contribution in [0.5, 0.6) is 0 Å². The maximum atomic E-state index is 2.46. The van der Waals surface area contributed by atoms with Gasteiger partial charge in [0.05, 0.1) is 5.52 Å². The van der Waals surface area contributed by atoms with Gasteiger partial charge in [0.25, 0.3) is 0 Å². The van der Waals surface area contributed by atoms with Crippen molar-refractivity contribution in [2.45, 2.75) is 165 Å². The van der Waals surface area contributed by atoms with E-state index in [0.29, 0.717) is 0 Å². The van der Waals surface area contributed by atoms with Crippen LogP contribution >= 0.6 is 0 Å². The molecule has 0 saturated carbocycles. The van der Waals surface area contributed by atoms with Crippen molar-refractivity contribution in [1.82, 2.24) is 18.3 Å². The molecule has 0 aliphatic carbocycles. The first-order valence-corrected chi connectivity index (χ1v) is 29.7. The normalized spacial score (nSPS) is 10.1. The summed E-state index contributed by atoms with van der Waals surface area (Å²) < 4.78 is 9.75. The molecule has 4 nitrogen and oxygen atoms in total. The predicted octanol–water partition coefficient (Wildman–Crippen LogP) is 23.4. The van der Waals surface area contributed by atoms with Crippen molar-refractivity contribution in [3.8, 4) is 22.3 Å². The standard InChI is InChI=1S/2C28H24N2.8C2H6/c1-3-29-25-14-7-5-10-21(25)23-17-16-19(18-27(23)29)20-12-9-13-24-22-11-6-8-15-26(22)30(4-2)28(20)24;1-3-29-25-14-8-6-11-23(25)28-20(12-9-15-26(28)29)19-16-17-22-21-10-5-7-13-24(21)30(4-2)27(22)18-19;8*1-2/h2*5-18H,3-4H2,1-2H3;8*1-2H3. The third kappa shape index (κ3) is 12.1. The quantitative estimate of drug-likeness (QED) is 0.158. The van der Waals surface area contributed by atoms with Gasteiger partial charge in [0.1, 0.15) is 0 Å². The van der Waals surface area contributed by atoms with Crippen LogP contribution in [0.15, 0.2) is 170 Å². The molecule has 0 spiro atoms. The van der Waals surface area contributed by atoms with Gasteiger partial charge in [-0.3, -0.25) is 0 Å². The van der Waals surface area contributed by atoms with Crippen LogP contribution in [-0.2, 0) is 26.2 Å². The molecule has 0 atom stereocenters. The lowest BCUT2D eigenvalue weighted by atomic mass is 9.98. The highest BCUT2D eigenvalue weighted by Crippen LogP contribution is 2.41. The fourth-order valence-corrected chi connectivity index (χ4v) is 10.5. The first-order chi connectivity index (χ1) is 37.6. The summed E-state index contributed by atoms with van der Waals surface area (Å²) in [6.07, 6.45) is 0. The van der Waals surface area contributed by atoms with Gasteiger partial charge in [-0.1, -0.05) is 238 Å². The van der Waals surface area contributed by atoms with Crippen molar-refractivity contribution in [1.29, 1.82) is 0 Å². The lowest BCUT2D eigenvalue weighted by Crippen LogP contribution is -1.96. The fourth-order valence-electron chi connectivity index (χ4n) is 10.5. The van der Waals surface area contributed by atoms with Gasteiger partial charge in [-0.15, -0.1) is 0 Å². The van der Waals surface area contributed by atoms with Gasteiger partial charge in [0, 0.05) is 113 Å². The lowest BCUT2D eigenvalue weighted by Gasteiger charge is -2.10. The van der Waals surface area contributed by atoms with Gasteiger partial charge in [-0.05, 0) is 86.8 Å². The van der Waals surface area contributed by atoms with Crippen LogP contribution in [0.4, 0.5) is 0 Å². The molecule has 0 bridgehead atoms. The van der Waals surface area contributed by atoms with Gasteiger partial charge in [0.15, 0.2) is 0 Å². The molecule has 0 amide bonds. The van der Waals surface area contributed by atoms with Crippen LogP contribution in [0.2, 0.25) is 0 Å². The minimum absolute atomic E-state index is 0.957. The summed E-state index contributed by atoms with van der Waals surface area (Å²) in [6.45, 7) is 44.8. The highest BCUT2D eigenvalue weighted by Gasteiger charge is 2.18. The van der Waals surface area contributed by atoms with E-state index < -0.39 is 0 Å². The van der Waals surface area contributed by atoms with Crippen molar-refractivity contribution < 1.29 is 0 Å². The first kappa shape index (κ1) is 63.3. The lowest BCUT2D eigenvalue weighted by molar-refractivity contribution is 0.826. The SMILES string of the molecule is CC.CC.CC.CC.CC.CC.CC.CC.CCn1c2ccccc2c2ccc(-c3cccc4c3c3ccccc3n4CC)cc21.CCn1c2ccccc2c2ccc(-c3cccc4c5ccccc5n(CC)c34)cc21. The zero-order chi connectivity index (χ0) is 56.5. The second-order valence-electron chi connectivity index (χ2n) is 15.9. The Morgan fingerprint density at radius 2 is 0.526 bits per heavy atom. The summed E-state index contributed by atoms with van der Waals surface area (Å²) in [6, 6.07) is 62.4. The third-order valence-corrected chi connectivity index (χ3v) is 13.0. The molecule has 0 unspecified atom stereocenters. The van der Waals surface area contributed by atoms with E-state index in [4.69, 9.17) is 0 Å². The number of nitrogens with zero attached hydrogens (tertiary/aromatic N) is 4. The number of fused-ring (bicyclic) bond motifs is 12. The Balaban J connectivity index is 0.000000318. The Morgan fingerprint density at radius 1 is 0.237 bits per heavy atom. The fraction of sp³-hybridized carbons (Fsp3) is 0.333. The van der Waals surface area contributed by atoms with Gasteiger partial charge in [-0.2, -0.15) is 0 Å². The Morgan fingerprint density at radius 3 is 0.961 bits per heavy atom. The number of benzene rings is 8. The molecule has 0 N–H and O–H groups in total. The summed E-state index contributed by atoms with van der Waals surface area (Å²) in [7, 11) is 0. The summed E-state index contributed by atoms with van der Waals surface area (Å²) in [5, 5.41) is 10.7. The molecule has 4 aromatic heterocycles. The van der Waals surface area contributed by atoms with E-state index in [-0.39, 0.29) is 0 Å². The number of para-hydroxylation sites is 5. The van der Waals surface area contributed by atoms with Crippen molar-refractivity contribution in [2.75, 3.05) is 0 Å². The van der Waals surface area contributed by atoms with Crippen LogP contribution in [0.3, 0.4) is 0 Å². The molecule has 0 fully saturated rings. The molecule has 0 aliphatic heterocycles. The smallest absolute Gasteiger partial charge is 0.0570 e. The Kier molecular flexibility index (Phi) is 27.0. The largest absolute Gasteiger partial charge is 0.341 e. The van der Waals surface area contributed by atoms with Crippen LogP contribution in [0.1, 0.15) is 138 Å². The van der Waals surface area contributed by atoms with Gasteiger partial charge < -0.3 is 18.3 Å². The predicted molar refractivity (Wildman–Crippen MR) is 349 cm³/mol. The summed E-state index contributed by atoms with van der Waals surface area (Å²) in [4.78, 5) is 0. The summed E-state index contributed by atoms with van der Waals surface area (Å²) in [5.74, 6) is 0. The van der Waals surface area contributed by atoms with Crippen molar-refractivity contribution >= 4 is 87.2 Å². The highest BCUT2D eigenvalue weighted by atomic mass is 15.0. The van der Waals surface area contributed by atoms with Crippen LogP contribution in [0, 0.1) is 0 Å². The summed E-state index contributed by atoms with van der Waals surface area (Å²) >= 11 is 0. The molecule has 0 aliphatic rings. The van der Waals surface area contributed by atoms with E-state index in [9.17, 15) is 0 Å². The van der Waals surface area contributed by atoms with E-state index in [2.05, 4.69) is 216 Å². The first-order valence-electron chi connectivity index (χ1n) is 29.7. The van der Waals surface area contributed by atoms with Gasteiger partial charge >= 0.3 is 0 Å². The van der Waals surface area contributed by atoms with Gasteiger partial charge in [0.2, 0.25) is 0 Å². The van der Waals surface area contributed by atoms with E-state index >= 15 is 0 Å². The van der Waals surface area contributed by atoms with E-state index in [1.165, 1.54) is 109 Å². The molecule has 4 heteroatoms. The molecule has 12 aromatic rings. The minimum atomic E-state index is 0.957. The number of aromatic nitrogens is 4. The van der Waals surface area contributed by atoms with Gasteiger partial charge in [-0.25, -0.2) is 0 Å². The number of aryl methyl sites for hydroxylation is 4. The zero-order valence-electron chi connectivity index (χ0n) is 50.8. The maximum Gasteiger partial charge on any atom is 0.0570 e. The number of rotatable bonds is 6. The van der Waals surface area contributed by atoms with Crippen molar-refractivity contribution in [2.24, 2.45) is 0 Å². The molecular formula is C72H96N4. The molecule has 8 aromatic carbocycles. The Bertz CT molecular complexity index is 3600. The van der Waals surface area contributed by atoms with E-state index in [0.717, 1.165) is 26.2 Å². The Hall–Kier alpha value is -7.04. The van der Waals surface area contributed by atoms with Crippen molar-refractivity contribution in [3.05, 3.63) is 170 Å². The summed E-state index contributed by atoms with van der Waals surface area (Å²) in [5.41, 5.74) is 15.7. The Labute approximate surface area is 460 Å². The van der Waals surface area contributed by atoms with E-state index in [1.807, 2.05) is 111 Å². The number of hydrogen-bond acceptors (Lipinski definition) is 0. The molecule has 12 rings (SSSR count). The van der Waals surface area contributed by atoms with Crippen molar-refractivity contribution in [3.63, 3.8) is 0 Å². The molecule has 404 valence electrons.